The van der Waals surface area contributed by atoms with Crippen molar-refractivity contribution in [3.8, 4) is 0 Å². The van der Waals surface area contributed by atoms with Gasteiger partial charge in [-0.3, -0.25) is 24.4 Å². The second kappa shape index (κ2) is 11.7. The van der Waals surface area contributed by atoms with Gasteiger partial charge in [-0.15, -0.1) is 0 Å². The molecule has 0 aromatic carbocycles. The number of carbonyl (C=O) groups excluding carboxylic acids is 3. The summed E-state index contributed by atoms with van der Waals surface area (Å²) >= 11 is 0. The molecule has 12 nitrogen and oxygen atoms in total. The van der Waals surface area contributed by atoms with Gasteiger partial charge in [-0.05, 0) is 32.6 Å². The lowest BCUT2D eigenvalue weighted by Gasteiger charge is -2.28. The normalized spacial score (nSPS) is 20.6. The first-order valence-corrected chi connectivity index (χ1v) is 9.87. The first-order chi connectivity index (χ1) is 14.4. The summed E-state index contributed by atoms with van der Waals surface area (Å²) in [7, 11) is 0. The Hall–Kier alpha value is -3.18. The van der Waals surface area contributed by atoms with Gasteiger partial charge in [-0.25, -0.2) is 9.78 Å². The molecule has 12 heteroatoms. The molecule has 1 aliphatic heterocycles. The van der Waals surface area contributed by atoms with E-state index in [0.29, 0.717) is 31.9 Å². The summed E-state index contributed by atoms with van der Waals surface area (Å²) in [5.41, 5.74) is 0. The highest BCUT2D eigenvalue weighted by atomic mass is 16.6. The molecular weight excluding hydrogens is 396 g/mol. The van der Waals surface area contributed by atoms with Crippen LogP contribution in [-0.4, -0.2) is 81.9 Å². The summed E-state index contributed by atoms with van der Waals surface area (Å²) in [5, 5.41) is 19.6. The van der Waals surface area contributed by atoms with Crippen molar-refractivity contribution in [3.63, 3.8) is 0 Å². The number of cyclic esters (lactones) is 1. The Bertz CT molecular complexity index is 731. The van der Waals surface area contributed by atoms with Crippen LogP contribution in [0.4, 0.5) is 4.79 Å². The Labute approximate surface area is 173 Å². The lowest BCUT2D eigenvalue weighted by atomic mass is 9.85. The maximum atomic E-state index is 12.3. The van der Waals surface area contributed by atoms with E-state index in [1.54, 1.807) is 0 Å². The highest BCUT2D eigenvalue weighted by Crippen LogP contribution is 2.24. The van der Waals surface area contributed by atoms with E-state index in [-0.39, 0.29) is 36.8 Å². The number of carbonyl (C=O) groups is 4. The van der Waals surface area contributed by atoms with Crippen LogP contribution in [0.5, 0.6) is 0 Å². The molecule has 1 aliphatic carbocycles. The highest BCUT2D eigenvalue weighted by Gasteiger charge is 2.29. The van der Waals surface area contributed by atoms with Gasteiger partial charge in [0.05, 0.1) is 6.54 Å². The fraction of sp³-hybridized carbons (Fsp3) is 0.667. The van der Waals surface area contributed by atoms with Gasteiger partial charge in [0.25, 0.3) is 6.47 Å². The van der Waals surface area contributed by atoms with Crippen LogP contribution < -0.4 is 10.6 Å². The van der Waals surface area contributed by atoms with E-state index in [1.165, 1.54) is 4.90 Å². The molecule has 1 aromatic rings. The van der Waals surface area contributed by atoms with Gasteiger partial charge in [-0.2, -0.15) is 5.10 Å². The van der Waals surface area contributed by atoms with Gasteiger partial charge in [-0.1, -0.05) is 0 Å². The molecule has 1 aromatic heterocycles. The highest BCUT2D eigenvalue weighted by molar-refractivity contribution is 5.83. The van der Waals surface area contributed by atoms with Crippen molar-refractivity contribution in [2.75, 3.05) is 26.2 Å². The third kappa shape index (κ3) is 7.33. The smallest absolute Gasteiger partial charge is 0.410 e. The summed E-state index contributed by atoms with van der Waals surface area (Å²) in [4.78, 5) is 49.7. The number of nitrogens with zero attached hydrogens (tertiary/aromatic N) is 3. The number of nitrogens with one attached hydrogen (secondary N) is 3. The van der Waals surface area contributed by atoms with Crippen molar-refractivity contribution in [1.29, 1.82) is 0 Å². The number of aryl methyl sites for hydroxylation is 1. The van der Waals surface area contributed by atoms with Crippen LogP contribution in [-0.2, 0) is 25.5 Å². The third-order valence-corrected chi connectivity index (χ3v) is 4.93. The average Bonchev–Trinajstić information content (AvgIpc) is 3.31. The van der Waals surface area contributed by atoms with Crippen molar-refractivity contribution in [2.24, 2.45) is 5.92 Å². The zero-order valence-corrected chi connectivity index (χ0v) is 16.9. The van der Waals surface area contributed by atoms with Crippen LogP contribution in [0.1, 0.15) is 37.3 Å². The number of rotatable bonds is 7. The zero-order chi connectivity index (χ0) is 21.9. The number of carboxylic acid groups (broad SMARTS) is 1. The van der Waals surface area contributed by atoms with Gasteiger partial charge >= 0.3 is 6.09 Å². The Kier molecular flexibility index (Phi) is 9.03. The maximum Gasteiger partial charge on any atom is 0.410 e. The number of aromatic amines is 1. The molecule has 30 heavy (non-hydrogen) atoms. The van der Waals surface area contributed by atoms with Crippen LogP contribution in [0.3, 0.4) is 0 Å². The SMILES string of the molecule is Cc1nc(CCNC(=O)C2CCC(NC(=O)CN3CCOC3=O)CC2)n[nH]1.O=CO. The van der Waals surface area contributed by atoms with Gasteiger partial charge in [0.1, 0.15) is 19.0 Å². The molecule has 2 fully saturated rings. The quantitative estimate of drug-likeness (QED) is 0.429. The minimum atomic E-state index is -0.439. The Morgan fingerprint density at radius 3 is 2.60 bits per heavy atom. The van der Waals surface area contributed by atoms with Crippen molar-refractivity contribution < 1.29 is 29.0 Å². The number of amides is 3. The topological polar surface area (TPSA) is 167 Å². The second-order valence-corrected chi connectivity index (χ2v) is 7.14. The Morgan fingerprint density at radius 2 is 2.03 bits per heavy atom. The maximum absolute atomic E-state index is 12.3. The van der Waals surface area contributed by atoms with E-state index in [2.05, 4.69) is 25.8 Å². The average molecular weight is 424 g/mol. The second-order valence-electron chi connectivity index (χ2n) is 7.14. The summed E-state index contributed by atoms with van der Waals surface area (Å²) in [6, 6.07) is 0.0522. The monoisotopic (exact) mass is 424 g/mol. The molecule has 1 saturated carbocycles. The number of ether oxygens (including phenoxy) is 1. The van der Waals surface area contributed by atoms with E-state index in [0.717, 1.165) is 31.5 Å². The molecule has 2 aliphatic rings. The predicted molar refractivity (Wildman–Crippen MR) is 103 cm³/mol. The van der Waals surface area contributed by atoms with Crippen molar-refractivity contribution in [2.45, 2.75) is 45.1 Å². The number of hydrogen-bond acceptors (Lipinski definition) is 7. The molecule has 1 saturated heterocycles. The summed E-state index contributed by atoms with van der Waals surface area (Å²) < 4.78 is 4.81. The zero-order valence-electron chi connectivity index (χ0n) is 16.9. The summed E-state index contributed by atoms with van der Waals surface area (Å²) in [5.74, 6) is 1.30. The van der Waals surface area contributed by atoms with E-state index >= 15 is 0 Å². The molecule has 2 heterocycles. The summed E-state index contributed by atoms with van der Waals surface area (Å²) in [6.07, 6.45) is 3.15. The molecule has 3 rings (SSSR count). The van der Waals surface area contributed by atoms with Crippen molar-refractivity contribution in [3.05, 3.63) is 11.6 Å². The van der Waals surface area contributed by atoms with Crippen LogP contribution >= 0.6 is 0 Å². The van der Waals surface area contributed by atoms with Crippen LogP contribution in [0, 0.1) is 12.8 Å². The Balaban J connectivity index is 0.00000101. The standard InChI is InChI=1S/C17H26N6O4.CH2O2/c1-11-19-14(22-21-11)6-7-18-16(25)12-2-4-13(5-3-12)20-15(24)10-23-8-9-27-17(23)26;2-1-3/h12-13H,2-10H2,1H3,(H,18,25)(H,20,24)(H,19,21,22);1H,(H,2,3). The van der Waals surface area contributed by atoms with Crippen LogP contribution in [0.2, 0.25) is 0 Å². The molecule has 0 unspecified atom stereocenters. The van der Waals surface area contributed by atoms with E-state index in [9.17, 15) is 14.4 Å². The van der Waals surface area contributed by atoms with Gasteiger partial charge in [0.15, 0.2) is 5.82 Å². The molecule has 0 atom stereocenters. The van der Waals surface area contributed by atoms with Crippen LogP contribution in [0.15, 0.2) is 0 Å². The number of H-pyrrole nitrogens is 1. The van der Waals surface area contributed by atoms with Gasteiger partial charge in [0, 0.05) is 24.9 Å². The van der Waals surface area contributed by atoms with Gasteiger partial charge in [0.2, 0.25) is 11.8 Å². The largest absolute Gasteiger partial charge is 0.483 e. The molecule has 3 amide bonds. The molecule has 0 bridgehead atoms. The van der Waals surface area contributed by atoms with Crippen LogP contribution in [0.25, 0.3) is 0 Å². The lowest BCUT2D eigenvalue weighted by molar-refractivity contribution is -0.126. The fourth-order valence-corrected chi connectivity index (χ4v) is 3.46. The first-order valence-electron chi connectivity index (χ1n) is 9.87. The third-order valence-electron chi connectivity index (χ3n) is 4.93. The minimum Gasteiger partial charge on any atom is -0.483 e. The lowest BCUT2D eigenvalue weighted by Crippen LogP contribution is -2.45. The fourth-order valence-electron chi connectivity index (χ4n) is 3.46. The molecule has 4 N–H and O–H groups in total. The van der Waals surface area contributed by atoms with Gasteiger partial charge < -0.3 is 20.5 Å². The van der Waals surface area contributed by atoms with E-state index < -0.39 is 6.09 Å². The minimum absolute atomic E-state index is 0.0272. The molecular formula is C18H28N6O6. The molecule has 0 radical (unpaired) electrons. The van der Waals surface area contributed by atoms with Crippen molar-refractivity contribution >= 4 is 24.4 Å². The Morgan fingerprint density at radius 1 is 1.33 bits per heavy atom. The number of aromatic nitrogens is 3. The van der Waals surface area contributed by atoms with E-state index in [4.69, 9.17) is 14.6 Å². The van der Waals surface area contributed by atoms with Crippen molar-refractivity contribution in [1.82, 2.24) is 30.7 Å². The summed E-state index contributed by atoms with van der Waals surface area (Å²) in [6.45, 7) is 2.91. The predicted octanol–water partition coefficient (Wildman–Crippen LogP) is -0.400. The molecule has 166 valence electrons. The number of hydrogen-bond donors (Lipinski definition) is 4. The first kappa shape index (κ1) is 23.1. The molecule has 0 spiro atoms. The van der Waals surface area contributed by atoms with E-state index in [1.807, 2.05) is 6.92 Å².